The average molecular weight is 524 g/mol. The molecule has 0 aliphatic rings. The molecule has 0 aromatic heterocycles. The predicted octanol–water partition coefficient (Wildman–Crippen LogP) is 4.12. The number of hydrogen-bond donors (Lipinski definition) is 3. The Morgan fingerprint density at radius 1 is 1.14 bits per heavy atom. The Kier molecular flexibility index (Phi) is 13.3. The summed E-state index contributed by atoms with van der Waals surface area (Å²) in [5.41, 5.74) is 1.86. The SMILES string of the molecule is CCCC(C)NC(=O)C(c1cccc(C)c1C)N(CCO)C(=O)C(CCSC)NC(=O)OC(C)(C)C. The van der Waals surface area contributed by atoms with Crippen LogP contribution in [0.5, 0.6) is 0 Å². The molecule has 0 spiro atoms. The van der Waals surface area contributed by atoms with E-state index in [-0.39, 0.29) is 25.1 Å². The highest BCUT2D eigenvalue weighted by Gasteiger charge is 2.37. The van der Waals surface area contributed by atoms with Gasteiger partial charge in [0, 0.05) is 12.6 Å². The lowest BCUT2D eigenvalue weighted by atomic mass is 9.94. The van der Waals surface area contributed by atoms with Gasteiger partial charge in [0.1, 0.15) is 17.7 Å². The van der Waals surface area contributed by atoms with Crippen LogP contribution in [0.4, 0.5) is 4.79 Å². The van der Waals surface area contributed by atoms with Crippen LogP contribution in [0.1, 0.15) is 76.6 Å². The van der Waals surface area contributed by atoms with E-state index in [2.05, 4.69) is 10.6 Å². The van der Waals surface area contributed by atoms with E-state index in [9.17, 15) is 19.5 Å². The molecule has 3 unspecified atom stereocenters. The first-order valence-electron chi connectivity index (χ1n) is 12.6. The Balaban J connectivity index is 3.48. The zero-order chi connectivity index (χ0) is 27.5. The Morgan fingerprint density at radius 3 is 2.36 bits per heavy atom. The number of ether oxygens (including phenoxy) is 1. The monoisotopic (exact) mass is 523 g/mol. The van der Waals surface area contributed by atoms with E-state index in [0.717, 1.165) is 24.0 Å². The summed E-state index contributed by atoms with van der Waals surface area (Å²) in [6.07, 6.45) is 3.28. The number of alkyl carbamates (subject to hydrolysis) is 1. The van der Waals surface area contributed by atoms with E-state index in [1.807, 2.05) is 52.1 Å². The van der Waals surface area contributed by atoms with Gasteiger partial charge in [0.05, 0.1) is 6.61 Å². The minimum Gasteiger partial charge on any atom is -0.444 e. The van der Waals surface area contributed by atoms with Crippen LogP contribution in [0.2, 0.25) is 0 Å². The van der Waals surface area contributed by atoms with Crippen molar-refractivity contribution in [1.29, 1.82) is 0 Å². The summed E-state index contributed by atoms with van der Waals surface area (Å²) in [6.45, 7) is 12.7. The average Bonchev–Trinajstić information content (AvgIpc) is 2.77. The van der Waals surface area contributed by atoms with E-state index in [4.69, 9.17) is 4.74 Å². The van der Waals surface area contributed by atoms with Crippen LogP contribution in [0.15, 0.2) is 18.2 Å². The lowest BCUT2D eigenvalue weighted by molar-refractivity contribution is -0.143. The van der Waals surface area contributed by atoms with E-state index >= 15 is 0 Å². The number of aryl methyl sites for hydroxylation is 1. The number of aliphatic hydroxyl groups excluding tert-OH is 1. The van der Waals surface area contributed by atoms with E-state index in [1.54, 1.807) is 32.5 Å². The van der Waals surface area contributed by atoms with Gasteiger partial charge in [-0.15, -0.1) is 0 Å². The minimum absolute atomic E-state index is 0.0573. The summed E-state index contributed by atoms with van der Waals surface area (Å²) in [5, 5.41) is 15.6. The smallest absolute Gasteiger partial charge is 0.408 e. The number of carbonyl (C=O) groups excluding carboxylic acids is 3. The number of hydrogen-bond acceptors (Lipinski definition) is 6. The summed E-state index contributed by atoms with van der Waals surface area (Å²) in [4.78, 5) is 41.5. The molecule has 0 aliphatic heterocycles. The molecular formula is C27H45N3O5S. The van der Waals surface area contributed by atoms with Gasteiger partial charge in [-0.1, -0.05) is 31.5 Å². The van der Waals surface area contributed by atoms with Crippen molar-refractivity contribution < 1.29 is 24.2 Å². The number of nitrogens with one attached hydrogen (secondary N) is 2. The molecule has 0 saturated heterocycles. The molecule has 0 aliphatic carbocycles. The van der Waals surface area contributed by atoms with Crippen molar-refractivity contribution in [2.24, 2.45) is 0 Å². The quantitative estimate of drug-likeness (QED) is 0.359. The Hall–Kier alpha value is -2.26. The summed E-state index contributed by atoms with van der Waals surface area (Å²) < 4.78 is 5.39. The lowest BCUT2D eigenvalue weighted by Crippen LogP contribution is -2.54. The summed E-state index contributed by atoms with van der Waals surface area (Å²) in [6, 6.07) is 3.71. The van der Waals surface area contributed by atoms with Gasteiger partial charge in [0.25, 0.3) is 0 Å². The number of aliphatic hydroxyl groups is 1. The molecule has 1 rings (SSSR count). The first kappa shape index (κ1) is 31.8. The third-order valence-electron chi connectivity index (χ3n) is 5.84. The van der Waals surface area contributed by atoms with Gasteiger partial charge >= 0.3 is 6.09 Å². The van der Waals surface area contributed by atoms with Crippen molar-refractivity contribution in [3.8, 4) is 0 Å². The van der Waals surface area contributed by atoms with Crippen molar-refractivity contribution in [3.05, 3.63) is 34.9 Å². The summed E-state index contributed by atoms with van der Waals surface area (Å²) in [5.74, 6) is -0.131. The van der Waals surface area contributed by atoms with Crippen LogP contribution >= 0.6 is 11.8 Å². The second kappa shape index (κ2) is 15.1. The van der Waals surface area contributed by atoms with Gasteiger partial charge < -0.3 is 25.4 Å². The van der Waals surface area contributed by atoms with Gasteiger partial charge in [-0.05, 0) is 83.1 Å². The molecule has 3 N–H and O–H groups in total. The van der Waals surface area contributed by atoms with Gasteiger partial charge in [-0.2, -0.15) is 11.8 Å². The molecule has 1 aromatic rings. The first-order valence-corrected chi connectivity index (χ1v) is 14.0. The lowest BCUT2D eigenvalue weighted by Gasteiger charge is -2.35. The zero-order valence-corrected chi connectivity index (χ0v) is 24.0. The maximum absolute atomic E-state index is 13.9. The maximum Gasteiger partial charge on any atom is 0.408 e. The van der Waals surface area contributed by atoms with Crippen LogP contribution in [-0.2, 0) is 14.3 Å². The Morgan fingerprint density at radius 2 is 1.81 bits per heavy atom. The van der Waals surface area contributed by atoms with Gasteiger partial charge in [0.15, 0.2) is 0 Å². The largest absolute Gasteiger partial charge is 0.444 e. The number of thioether (sulfide) groups is 1. The molecule has 8 nitrogen and oxygen atoms in total. The van der Waals surface area contributed by atoms with Crippen molar-refractivity contribution >= 4 is 29.7 Å². The third kappa shape index (κ3) is 10.0. The van der Waals surface area contributed by atoms with Crippen molar-refractivity contribution in [3.63, 3.8) is 0 Å². The molecule has 0 radical (unpaired) electrons. The number of benzene rings is 1. The minimum atomic E-state index is -0.957. The summed E-state index contributed by atoms with van der Waals surface area (Å²) in [7, 11) is 0. The van der Waals surface area contributed by atoms with E-state index in [1.165, 1.54) is 4.90 Å². The summed E-state index contributed by atoms with van der Waals surface area (Å²) >= 11 is 1.55. The molecular weight excluding hydrogens is 478 g/mol. The fourth-order valence-electron chi connectivity index (χ4n) is 3.96. The number of rotatable bonds is 13. The van der Waals surface area contributed by atoms with Crippen LogP contribution in [0.3, 0.4) is 0 Å². The van der Waals surface area contributed by atoms with Crippen LogP contribution in [-0.4, -0.2) is 70.8 Å². The third-order valence-corrected chi connectivity index (χ3v) is 6.48. The number of amides is 3. The standard InChI is InChI=1S/C27H45N3O5S/c1-9-11-19(3)28-24(32)23(21-13-10-12-18(2)20(21)4)30(15-16-31)25(33)22(14-17-36-8)29-26(34)35-27(5,6)7/h10,12-13,19,22-23,31H,9,11,14-17H2,1-8H3,(H,28,32)(H,29,34). The molecule has 0 heterocycles. The van der Waals surface area contributed by atoms with Gasteiger partial charge in [-0.3, -0.25) is 9.59 Å². The molecule has 36 heavy (non-hydrogen) atoms. The molecule has 3 amide bonds. The van der Waals surface area contributed by atoms with Crippen LogP contribution in [0.25, 0.3) is 0 Å². The van der Waals surface area contributed by atoms with Crippen LogP contribution < -0.4 is 10.6 Å². The molecule has 1 aromatic carbocycles. The highest BCUT2D eigenvalue weighted by atomic mass is 32.2. The molecule has 0 saturated carbocycles. The Labute approximate surface area is 220 Å². The van der Waals surface area contributed by atoms with Crippen molar-refractivity contribution in [2.45, 2.75) is 91.5 Å². The van der Waals surface area contributed by atoms with E-state index < -0.39 is 29.7 Å². The normalized spacial score (nSPS) is 13.9. The fraction of sp³-hybridized carbons (Fsp3) is 0.667. The van der Waals surface area contributed by atoms with Crippen LogP contribution in [0, 0.1) is 13.8 Å². The molecule has 0 fully saturated rings. The predicted molar refractivity (Wildman–Crippen MR) is 146 cm³/mol. The molecule has 204 valence electrons. The second-order valence-corrected chi connectivity index (χ2v) is 11.1. The highest BCUT2D eigenvalue weighted by Crippen LogP contribution is 2.28. The Bertz CT molecular complexity index is 871. The number of carbonyl (C=O) groups is 3. The molecule has 3 atom stereocenters. The van der Waals surface area contributed by atoms with Gasteiger partial charge in [-0.25, -0.2) is 4.79 Å². The van der Waals surface area contributed by atoms with Crippen molar-refractivity contribution in [1.82, 2.24) is 15.5 Å². The number of nitrogens with zero attached hydrogens (tertiary/aromatic N) is 1. The van der Waals surface area contributed by atoms with Gasteiger partial charge in [0.2, 0.25) is 11.8 Å². The first-order chi connectivity index (χ1) is 16.9. The maximum atomic E-state index is 13.9. The topological polar surface area (TPSA) is 108 Å². The molecule has 0 bridgehead atoms. The fourth-order valence-corrected chi connectivity index (χ4v) is 4.44. The molecule has 9 heteroatoms. The highest BCUT2D eigenvalue weighted by molar-refractivity contribution is 7.98. The van der Waals surface area contributed by atoms with E-state index in [0.29, 0.717) is 17.7 Å². The zero-order valence-electron chi connectivity index (χ0n) is 23.1. The second-order valence-electron chi connectivity index (χ2n) is 10.1. The van der Waals surface area contributed by atoms with Crippen molar-refractivity contribution in [2.75, 3.05) is 25.2 Å².